The van der Waals surface area contributed by atoms with E-state index in [1.54, 1.807) is 28.4 Å². The molecule has 0 spiro atoms. The van der Waals surface area contributed by atoms with Gasteiger partial charge in [-0.25, -0.2) is 0 Å². The summed E-state index contributed by atoms with van der Waals surface area (Å²) in [7, 11) is 0. The lowest BCUT2D eigenvalue weighted by atomic mass is 10.1. The van der Waals surface area contributed by atoms with Gasteiger partial charge in [0, 0.05) is 29.6 Å². The van der Waals surface area contributed by atoms with Crippen LogP contribution >= 0.6 is 11.3 Å². The highest BCUT2D eigenvalue weighted by atomic mass is 32.1. The molecule has 2 aromatic rings. The minimum atomic E-state index is -0.333. The smallest absolute Gasteiger partial charge is 0.227 e. The van der Waals surface area contributed by atoms with Crippen molar-refractivity contribution in [2.75, 3.05) is 24.7 Å². The Bertz CT molecular complexity index is 790. The van der Waals surface area contributed by atoms with Crippen molar-refractivity contribution < 1.29 is 19.1 Å². The van der Waals surface area contributed by atoms with Gasteiger partial charge in [-0.05, 0) is 23.6 Å². The molecule has 7 heteroatoms. The molecular weight excluding hydrogens is 340 g/mol. The number of anilines is 1. The molecule has 1 aromatic carbocycles. The van der Waals surface area contributed by atoms with Crippen molar-refractivity contribution in [3.63, 3.8) is 0 Å². The second-order valence-corrected chi connectivity index (χ2v) is 7.06. The molecule has 2 aliphatic heterocycles. The maximum atomic E-state index is 12.4. The Hall–Kier alpha value is -2.54. The zero-order valence-electron chi connectivity index (χ0n) is 13.6. The Kier molecular flexibility index (Phi) is 4.31. The van der Waals surface area contributed by atoms with Crippen LogP contribution in [0.4, 0.5) is 5.69 Å². The molecule has 1 atom stereocenters. The number of nitrogens with one attached hydrogen (secondary N) is 1. The third kappa shape index (κ3) is 3.32. The first-order valence-electron chi connectivity index (χ1n) is 8.21. The minimum Gasteiger partial charge on any atom is -0.486 e. The molecule has 1 N–H and O–H groups in total. The van der Waals surface area contributed by atoms with E-state index in [1.165, 1.54) is 0 Å². The van der Waals surface area contributed by atoms with Crippen LogP contribution in [0.3, 0.4) is 0 Å². The van der Waals surface area contributed by atoms with Crippen LogP contribution in [0.15, 0.2) is 35.7 Å². The zero-order valence-corrected chi connectivity index (χ0v) is 14.4. The van der Waals surface area contributed by atoms with Crippen molar-refractivity contribution in [3.8, 4) is 11.5 Å². The standard InChI is InChI=1S/C18H18N2O4S/c21-17-8-12(18(22)19-10-14-2-1-7-25-14)11-20(17)13-3-4-15-16(9-13)24-6-5-23-15/h1-4,7,9,12H,5-6,8,10-11H2,(H,19,22)/t12-/m1/s1. The van der Waals surface area contributed by atoms with E-state index >= 15 is 0 Å². The van der Waals surface area contributed by atoms with Crippen molar-refractivity contribution >= 4 is 28.8 Å². The fraction of sp³-hybridized carbons (Fsp3) is 0.333. The average molecular weight is 358 g/mol. The van der Waals surface area contributed by atoms with E-state index in [4.69, 9.17) is 9.47 Å². The molecule has 0 unspecified atom stereocenters. The molecule has 2 amide bonds. The van der Waals surface area contributed by atoms with Gasteiger partial charge in [0.25, 0.3) is 0 Å². The summed E-state index contributed by atoms with van der Waals surface area (Å²) in [6.45, 7) is 1.92. The van der Waals surface area contributed by atoms with Crippen molar-refractivity contribution in [1.82, 2.24) is 5.32 Å². The second kappa shape index (κ2) is 6.76. The Morgan fingerprint density at radius 3 is 2.88 bits per heavy atom. The van der Waals surface area contributed by atoms with E-state index in [-0.39, 0.29) is 24.2 Å². The highest BCUT2D eigenvalue weighted by molar-refractivity contribution is 7.09. The maximum Gasteiger partial charge on any atom is 0.227 e. The van der Waals surface area contributed by atoms with Gasteiger partial charge < -0.3 is 19.7 Å². The van der Waals surface area contributed by atoms with Gasteiger partial charge in [-0.15, -0.1) is 11.3 Å². The molecule has 4 rings (SSSR count). The van der Waals surface area contributed by atoms with Crippen LogP contribution in [0.25, 0.3) is 0 Å². The Labute approximate surface area is 149 Å². The fourth-order valence-corrected chi connectivity index (χ4v) is 3.71. The third-order valence-corrected chi connectivity index (χ3v) is 5.23. The number of hydrogen-bond acceptors (Lipinski definition) is 5. The molecule has 2 aliphatic rings. The van der Waals surface area contributed by atoms with Crippen LogP contribution in [-0.4, -0.2) is 31.6 Å². The van der Waals surface area contributed by atoms with E-state index in [2.05, 4.69) is 5.32 Å². The number of carbonyl (C=O) groups is 2. The van der Waals surface area contributed by atoms with Gasteiger partial charge in [0.15, 0.2) is 11.5 Å². The highest BCUT2D eigenvalue weighted by Gasteiger charge is 2.35. The topological polar surface area (TPSA) is 67.9 Å². The minimum absolute atomic E-state index is 0.0482. The van der Waals surface area contributed by atoms with Gasteiger partial charge in [0.2, 0.25) is 11.8 Å². The van der Waals surface area contributed by atoms with Crippen LogP contribution < -0.4 is 19.7 Å². The first-order chi connectivity index (χ1) is 12.2. The summed E-state index contributed by atoms with van der Waals surface area (Å²) < 4.78 is 11.1. The molecule has 1 fully saturated rings. The predicted molar refractivity (Wildman–Crippen MR) is 94.1 cm³/mol. The van der Waals surface area contributed by atoms with E-state index in [9.17, 15) is 9.59 Å². The molecule has 0 aliphatic carbocycles. The Balaban J connectivity index is 1.42. The lowest BCUT2D eigenvalue weighted by molar-refractivity contribution is -0.126. The van der Waals surface area contributed by atoms with Crippen molar-refractivity contribution in [1.29, 1.82) is 0 Å². The maximum absolute atomic E-state index is 12.4. The second-order valence-electron chi connectivity index (χ2n) is 6.03. The van der Waals surface area contributed by atoms with Crippen LogP contribution in [0.2, 0.25) is 0 Å². The molecule has 25 heavy (non-hydrogen) atoms. The SMILES string of the molecule is O=C(NCc1cccs1)[C@@H]1CC(=O)N(c2ccc3c(c2)OCCO3)C1. The Morgan fingerprint density at radius 1 is 1.24 bits per heavy atom. The van der Waals surface area contributed by atoms with Crippen molar-refractivity contribution in [3.05, 3.63) is 40.6 Å². The average Bonchev–Trinajstić information content (AvgIpc) is 3.29. The van der Waals surface area contributed by atoms with E-state index in [1.807, 2.05) is 23.6 Å². The quantitative estimate of drug-likeness (QED) is 0.910. The zero-order chi connectivity index (χ0) is 17.2. The number of benzene rings is 1. The van der Waals surface area contributed by atoms with Gasteiger partial charge in [-0.1, -0.05) is 6.07 Å². The molecular formula is C18H18N2O4S. The molecule has 0 radical (unpaired) electrons. The first kappa shape index (κ1) is 16.0. The van der Waals surface area contributed by atoms with E-state index in [0.29, 0.717) is 37.8 Å². The van der Waals surface area contributed by atoms with Gasteiger partial charge in [-0.3, -0.25) is 9.59 Å². The summed E-state index contributed by atoms with van der Waals surface area (Å²) >= 11 is 1.60. The van der Waals surface area contributed by atoms with E-state index < -0.39 is 0 Å². The number of carbonyl (C=O) groups excluding carboxylic acids is 2. The summed E-state index contributed by atoms with van der Waals surface area (Å²) in [5, 5.41) is 4.89. The van der Waals surface area contributed by atoms with Crippen LogP contribution in [0, 0.1) is 5.92 Å². The number of nitrogens with zero attached hydrogens (tertiary/aromatic N) is 1. The normalized spacial score (nSPS) is 19.1. The lowest BCUT2D eigenvalue weighted by Gasteiger charge is -2.22. The Morgan fingerprint density at radius 2 is 2.08 bits per heavy atom. The number of rotatable bonds is 4. The summed E-state index contributed by atoms with van der Waals surface area (Å²) in [6.07, 6.45) is 0.227. The van der Waals surface area contributed by atoms with Gasteiger partial charge in [0.1, 0.15) is 13.2 Å². The predicted octanol–water partition coefficient (Wildman–Crippen LogP) is 2.19. The number of fused-ring (bicyclic) bond motifs is 1. The monoisotopic (exact) mass is 358 g/mol. The molecule has 0 saturated carbocycles. The molecule has 3 heterocycles. The van der Waals surface area contributed by atoms with Gasteiger partial charge in [-0.2, -0.15) is 0 Å². The van der Waals surface area contributed by atoms with E-state index in [0.717, 1.165) is 10.6 Å². The van der Waals surface area contributed by atoms with Crippen molar-refractivity contribution in [2.45, 2.75) is 13.0 Å². The summed E-state index contributed by atoms with van der Waals surface area (Å²) in [4.78, 5) is 27.5. The largest absolute Gasteiger partial charge is 0.486 e. The van der Waals surface area contributed by atoms with Crippen LogP contribution in [0.5, 0.6) is 11.5 Å². The highest BCUT2D eigenvalue weighted by Crippen LogP contribution is 2.35. The molecule has 1 aromatic heterocycles. The number of ether oxygens (including phenoxy) is 2. The number of hydrogen-bond donors (Lipinski definition) is 1. The van der Waals surface area contributed by atoms with Crippen LogP contribution in [-0.2, 0) is 16.1 Å². The fourth-order valence-electron chi connectivity index (χ4n) is 3.06. The van der Waals surface area contributed by atoms with Gasteiger partial charge in [0.05, 0.1) is 12.5 Å². The third-order valence-electron chi connectivity index (χ3n) is 4.35. The molecule has 1 saturated heterocycles. The summed E-state index contributed by atoms with van der Waals surface area (Å²) in [6, 6.07) is 9.37. The lowest BCUT2D eigenvalue weighted by Crippen LogP contribution is -2.32. The number of thiophene rings is 1. The summed E-state index contributed by atoms with van der Waals surface area (Å²) in [5.41, 5.74) is 0.739. The van der Waals surface area contributed by atoms with Crippen molar-refractivity contribution in [2.24, 2.45) is 5.92 Å². The summed E-state index contributed by atoms with van der Waals surface area (Å²) in [5.74, 6) is 0.865. The van der Waals surface area contributed by atoms with Gasteiger partial charge >= 0.3 is 0 Å². The molecule has 6 nitrogen and oxygen atoms in total. The number of amides is 2. The van der Waals surface area contributed by atoms with Crippen LogP contribution in [0.1, 0.15) is 11.3 Å². The molecule has 0 bridgehead atoms. The molecule has 130 valence electrons. The first-order valence-corrected chi connectivity index (χ1v) is 9.09.